The quantitative estimate of drug-likeness (QED) is 0.322. The molecule has 5 nitrogen and oxygen atoms in total. The lowest BCUT2D eigenvalue weighted by atomic mass is 9.90. The van der Waals surface area contributed by atoms with E-state index in [1.54, 1.807) is 13.3 Å². The molecule has 0 N–H and O–H groups in total. The molecule has 0 aliphatic carbocycles. The van der Waals surface area contributed by atoms with Crippen LogP contribution in [0.1, 0.15) is 59.3 Å². The van der Waals surface area contributed by atoms with Crippen molar-refractivity contribution in [2.24, 2.45) is 0 Å². The fraction of sp³-hybridized carbons (Fsp3) is 0.423. The van der Waals surface area contributed by atoms with Crippen LogP contribution in [0, 0.1) is 0 Å². The van der Waals surface area contributed by atoms with Crippen molar-refractivity contribution in [2.75, 3.05) is 7.11 Å². The largest absolute Gasteiger partial charge is 0.496 e. The minimum absolute atomic E-state index is 0.177. The summed E-state index contributed by atoms with van der Waals surface area (Å²) in [5, 5.41) is 12.4. The Bertz CT molecular complexity index is 970. The van der Waals surface area contributed by atoms with E-state index >= 15 is 0 Å². The summed E-state index contributed by atoms with van der Waals surface area (Å²) < 4.78 is 12.3. The van der Waals surface area contributed by atoms with Crippen molar-refractivity contribution in [3.63, 3.8) is 0 Å². The van der Waals surface area contributed by atoms with Gasteiger partial charge in [0, 0.05) is 16.7 Å². The summed E-state index contributed by atoms with van der Waals surface area (Å²) in [7, 11) is 1.66. The van der Waals surface area contributed by atoms with E-state index in [1.165, 1.54) is 19.3 Å². The highest BCUT2D eigenvalue weighted by Gasteiger charge is 2.29. The molecule has 0 amide bonds. The Morgan fingerprint density at radius 3 is 2.16 bits per heavy atom. The van der Waals surface area contributed by atoms with Crippen molar-refractivity contribution in [2.45, 2.75) is 64.9 Å². The van der Waals surface area contributed by atoms with Crippen LogP contribution < -0.4 is 9.47 Å². The van der Waals surface area contributed by atoms with Crippen LogP contribution in [-0.4, -0.2) is 28.1 Å². The normalized spacial score (nSPS) is 11.4. The van der Waals surface area contributed by atoms with Gasteiger partial charge in [-0.15, -0.1) is 10.2 Å². The molecule has 5 heteroatoms. The summed E-state index contributed by atoms with van der Waals surface area (Å²) in [6.07, 6.45) is 8.34. The Morgan fingerprint density at radius 2 is 1.48 bits per heavy atom. The van der Waals surface area contributed by atoms with Gasteiger partial charge < -0.3 is 9.47 Å². The summed E-state index contributed by atoms with van der Waals surface area (Å²) in [4.78, 5) is 0. The Kier molecular flexibility index (Phi) is 7.99. The maximum absolute atomic E-state index is 6.77. The topological polar surface area (TPSA) is 57.1 Å². The van der Waals surface area contributed by atoms with Gasteiger partial charge in [-0.1, -0.05) is 63.9 Å². The molecule has 0 saturated carbocycles. The number of methoxy groups -OCH3 is 1. The molecule has 0 bridgehead atoms. The molecule has 164 valence electrons. The van der Waals surface area contributed by atoms with Gasteiger partial charge in [0.1, 0.15) is 22.8 Å². The number of unbranched alkanes of at least 4 members (excludes halogenated alkanes) is 2. The van der Waals surface area contributed by atoms with Crippen LogP contribution in [0.4, 0.5) is 0 Å². The van der Waals surface area contributed by atoms with Gasteiger partial charge in [-0.25, -0.2) is 0 Å². The Labute approximate surface area is 185 Å². The lowest BCUT2D eigenvalue weighted by Gasteiger charge is -2.34. The molecule has 1 heterocycles. The van der Waals surface area contributed by atoms with E-state index in [0.29, 0.717) is 0 Å². The molecule has 1 aromatic heterocycles. The zero-order valence-corrected chi connectivity index (χ0v) is 19.1. The van der Waals surface area contributed by atoms with Gasteiger partial charge in [0.15, 0.2) is 0 Å². The number of ether oxygens (including phenoxy) is 2. The molecule has 0 saturated heterocycles. The zero-order valence-electron chi connectivity index (χ0n) is 19.1. The summed E-state index contributed by atoms with van der Waals surface area (Å²) in [6, 6.07) is 16.0. The van der Waals surface area contributed by atoms with Crippen LogP contribution in [-0.2, 0) is 0 Å². The van der Waals surface area contributed by atoms with Crippen molar-refractivity contribution in [1.29, 1.82) is 0 Å². The number of hydrogen-bond acceptors (Lipinski definition) is 5. The van der Waals surface area contributed by atoms with Crippen LogP contribution in [0.25, 0.3) is 22.4 Å². The second-order valence-electron chi connectivity index (χ2n) is 7.84. The van der Waals surface area contributed by atoms with Gasteiger partial charge in [-0.2, -0.15) is 0 Å². The molecule has 2 aromatic carbocycles. The molecule has 3 aromatic rings. The molecule has 0 atom stereocenters. The lowest BCUT2D eigenvalue weighted by Crippen LogP contribution is -2.34. The van der Waals surface area contributed by atoms with Crippen LogP contribution in [0.15, 0.2) is 54.7 Å². The molecule has 0 spiro atoms. The van der Waals surface area contributed by atoms with Crippen LogP contribution in [0.5, 0.6) is 11.5 Å². The number of aromatic nitrogens is 3. The van der Waals surface area contributed by atoms with E-state index in [4.69, 9.17) is 9.47 Å². The van der Waals surface area contributed by atoms with Crippen molar-refractivity contribution in [3.05, 3.63) is 54.7 Å². The van der Waals surface area contributed by atoms with Gasteiger partial charge in [0.05, 0.1) is 13.3 Å². The fourth-order valence-corrected chi connectivity index (χ4v) is 4.01. The maximum atomic E-state index is 6.77. The van der Waals surface area contributed by atoms with Gasteiger partial charge in [0.2, 0.25) is 0 Å². The molecule has 0 fully saturated rings. The number of benzene rings is 2. The highest BCUT2D eigenvalue weighted by atomic mass is 16.5. The molecule has 0 aliphatic rings. The molecule has 0 unspecified atom stereocenters. The SMILES string of the molecule is CCCCCC(CC)(CC)Oc1ccccc1-c1cnnnc1-c1ccccc1OC. The second kappa shape index (κ2) is 10.9. The first-order valence-electron chi connectivity index (χ1n) is 11.3. The Morgan fingerprint density at radius 1 is 0.806 bits per heavy atom. The number of para-hydroxylation sites is 2. The van der Waals surface area contributed by atoms with Gasteiger partial charge in [-0.3, -0.25) is 0 Å². The average molecular weight is 420 g/mol. The van der Waals surface area contributed by atoms with Crippen LogP contribution in [0.2, 0.25) is 0 Å². The van der Waals surface area contributed by atoms with E-state index in [2.05, 4.69) is 42.2 Å². The van der Waals surface area contributed by atoms with Crippen molar-refractivity contribution in [3.8, 4) is 33.9 Å². The standard InChI is InChI=1S/C26H33N3O2/c1-5-8-13-18-26(6-2,7-3)31-24-17-12-9-14-20(24)22-19-27-29-28-25(22)21-15-10-11-16-23(21)30-4/h9-12,14-17,19H,5-8,13,18H2,1-4H3. The number of rotatable bonds is 11. The first kappa shape index (κ1) is 22.7. The average Bonchev–Trinajstić information content (AvgIpc) is 2.84. The van der Waals surface area contributed by atoms with E-state index in [9.17, 15) is 0 Å². The van der Waals surface area contributed by atoms with Crippen molar-refractivity contribution < 1.29 is 9.47 Å². The lowest BCUT2D eigenvalue weighted by molar-refractivity contribution is 0.0490. The first-order valence-corrected chi connectivity index (χ1v) is 11.3. The van der Waals surface area contributed by atoms with Gasteiger partial charge in [0.25, 0.3) is 0 Å². The van der Waals surface area contributed by atoms with Crippen molar-refractivity contribution >= 4 is 0 Å². The molecular formula is C26H33N3O2. The summed E-state index contributed by atoms with van der Waals surface area (Å²) >= 11 is 0. The molecule has 0 aliphatic heterocycles. The summed E-state index contributed by atoms with van der Waals surface area (Å²) in [5.74, 6) is 1.60. The zero-order chi connectivity index (χ0) is 22.1. The van der Waals surface area contributed by atoms with Crippen molar-refractivity contribution in [1.82, 2.24) is 15.4 Å². The smallest absolute Gasteiger partial charge is 0.128 e. The molecule has 0 radical (unpaired) electrons. The predicted molar refractivity (Wildman–Crippen MR) is 125 cm³/mol. The van der Waals surface area contributed by atoms with E-state index in [0.717, 1.165) is 53.1 Å². The first-order chi connectivity index (χ1) is 15.2. The maximum Gasteiger partial charge on any atom is 0.128 e. The fourth-order valence-electron chi connectivity index (χ4n) is 4.01. The summed E-state index contributed by atoms with van der Waals surface area (Å²) in [5.41, 5.74) is 3.28. The third kappa shape index (κ3) is 5.22. The summed E-state index contributed by atoms with van der Waals surface area (Å²) in [6.45, 7) is 6.67. The minimum Gasteiger partial charge on any atom is -0.496 e. The molecule has 31 heavy (non-hydrogen) atoms. The van der Waals surface area contributed by atoms with E-state index < -0.39 is 0 Å². The van der Waals surface area contributed by atoms with E-state index in [1.807, 2.05) is 42.5 Å². The van der Waals surface area contributed by atoms with E-state index in [-0.39, 0.29) is 5.60 Å². The predicted octanol–water partition coefficient (Wildman–Crippen LogP) is 6.73. The number of nitrogens with zero attached hydrogens (tertiary/aromatic N) is 3. The highest BCUT2D eigenvalue weighted by Crippen LogP contribution is 2.40. The van der Waals surface area contributed by atoms with Crippen LogP contribution >= 0.6 is 0 Å². The highest BCUT2D eigenvalue weighted by molar-refractivity contribution is 5.85. The minimum atomic E-state index is -0.177. The Balaban J connectivity index is 2.05. The molecular weight excluding hydrogens is 386 g/mol. The second-order valence-corrected chi connectivity index (χ2v) is 7.84. The third-order valence-electron chi connectivity index (χ3n) is 6.03. The third-order valence-corrected chi connectivity index (χ3v) is 6.03. The molecule has 3 rings (SSSR count). The van der Waals surface area contributed by atoms with Crippen LogP contribution in [0.3, 0.4) is 0 Å². The Hall–Kier alpha value is -2.95. The van der Waals surface area contributed by atoms with Gasteiger partial charge >= 0.3 is 0 Å². The number of hydrogen-bond donors (Lipinski definition) is 0. The van der Waals surface area contributed by atoms with Gasteiger partial charge in [-0.05, 0) is 49.1 Å². The monoisotopic (exact) mass is 419 g/mol.